The van der Waals surface area contributed by atoms with Crippen LogP contribution in [0.3, 0.4) is 0 Å². The highest BCUT2D eigenvalue weighted by Gasteiger charge is 2.34. The van der Waals surface area contributed by atoms with E-state index < -0.39 is 9.84 Å². The molecule has 0 fully saturated rings. The molecule has 0 saturated carbocycles. The predicted molar refractivity (Wildman–Crippen MR) is 125 cm³/mol. The van der Waals surface area contributed by atoms with Gasteiger partial charge >= 0.3 is 0 Å². The van der Waals surface area contributed by atoms with Crippen molar-refractivity contribution in [2.24, 2.45) is 0 Å². The summed E-state index contributed by atoms with van der Waals surface area (Å²) in [6.07, 6.45) is 1.87. The molecule has 166 valence electrons. The summed E-state index contributed by atoms with van der Waals surface area (Å²) < 4.78 is 37.8. The Kier molecular flexibility index (Phi) is 6.34. The molecule has 1 unspecified atom stereocenters. The fourth-order valence-electron chi connectivity index (χ4n) is 3.68. The summed E-state index contributed by atoms with van der Waals surface area (Å²) in [7, 11) is -3.76. The van der Waals surface area contributed by atoms with Crippen molar-refractivity contribution in [2.45, 2.75) is 29.1 Å². The molecule has 0 saturated heterocycles. The fourth-order valence-corrected chi connectivity index (χ4v) is 6.60. The van der Waals surface area contributed by atoms with E-state index in [1.807, 2.05) is 25.1 Å². The van der Waals surface area contributed by atoms with Gasteiger partial charge in [-0.3, -0.25) is 4.79 Å². The minimum absolute atomic E-state index is 0.123. The highest BCUT2D eigenvalue weighted by atomic mass is 32.2. The number of ether oxygens (including phenoxy) is 2. The summed E-state index contributed by atoms with van der Waals surface area (Å²) in [5, 5.41) is 4.40. The number of carbonyl (C=O) groups is 1. The topological polar surface area (TPSA) is 81.7 Å². The van der Waals surface area contributed by atoms with Gasteiger partial charge in [0.25, 0.3) is 0 Å². The lowest BCUT2D eigenvalue weighted by Crippen LogP contribution is -2.23. The predicted octanol–water partition coefficient (Wildman–Crippen LogP) is 5.02. The minimum atomic E-state index is -3.76. The molecule has 1 amide bonds. The van der Waals surface area contributed by atoms with Crippen molar-refractivity contribution in [3.8, 4) is 11.5 Å². The SMILES string of the molecule is C=CCOc1ccc(C2CC(=O)Nc3c(S(=O)(=O)c4ccccc4)csc32)cc1OCC. The largest absolute Gasteiger partial charge is 0.490 e. The number of amides is 1. The Morgan fingerprint density at radius 3 is 2.66 bits per heavy atom. The second-order valence-electron chi connectivity index (χ2n) is 7.20. The molecule has 3 aromatic rings. The van der Waals surface area contributed by atoms with Gasteiger partial charge in [0.1, 0.15) is 11.5 Å². The molecule has 1 atom stereocenters. The average molecular weight is 470 g/mol. The van der Waals surface area contributed by atoms with Gasteiger partial charge in [-0.05, 0) is 36.8 Å². The van der Waals surface area contributed by atoms with E-state index in [-0.39, 0.29) is 28.0 Å². The van der Waals surface area contributed by atoms with Crippen LogP contribution in [0.15, 0.2) is 76.4 Å². The minimum Gasteiger partial charge on any atom is -0.490 e. The van der Waals surface area contributed by atoms with Gasteiger partial charge in [0.05, 0.1) is 17.2 Å². The molecule has 1 aromatic heterocycles. The van der Waals surface area contributed by atoms with Gasteiger partial charge in [-0.2, -0.15) is 0 Å². The molecule has 8 heteroatoms. The number of anilines is 1. The highest BCUT2D eigenvalue weighted by Crippen LogP contribution is 2.47. The molecule has 1 N–H and O–H groups in total. The third kappa shape index (κ3) is 4.16. The third-order valence-corrected chi connectivity index (χ3v) is 8.16. The second-order valence-corrected chi connectivity index (χ2v) is 10.0. The van der Waals surface area contributed by atoms with Crippen molar-refractivity contribution in [1.29, 1.82) is 0 Å². The first-order valence-electron chi connectivity index (χ1n) is 10.2. The Hall–Kier alpha value is -3.10. The molecule has 1 aliphatic rings. The standard InChI is InChI=1S/C24H23NO5S2/c1-3-12-30-19-11-10-16(13-20(19)29-4-2)18-14-22(26)25-23-21(15-31-24(18)23)32(27,28)17-8-6-5-7-9-17/h3,5-11,13,15,18H,1,4,12,14H2,2H3,(H,25,26). The zero-order valence-corrected chi connectivity index (χ0v) is 19.2. The van der Waals surface area contributed by atoms with Crippen LogP contribution < -0.4 is 14.8 Å². The molecule has 0 aliphatic carbocycles. The lowest BCUT2D eigenvalue weighted by atomic mass is 9.90. The Morgan fingerprint density at radius 1 is 1.16 bits per heavy atom. The zero-order chi connectivity index (χ0) is 22.7. The van der Waals surface area contributed by atoms with Crippen LogP contribution in [0, 0.1) is 0 Å². The van der Waals surface area contributed by atoms with E-state index in [0.717, 1.165) is 10.4 Å². The molecule has 0 radical (unpaired) electrons. The summed E-state index contributed by atoms with van der Waals surface area (Å²) in [5.41, 5.74) is 1.23. The quantitative estimate of drug-likeness (QED) is 0.469. The van der Waals surface area contributed by atoms with Crippen LogP contribution >= 0.6 is 11.3 Å². The summed E-state index contributed by atoms with van der Waals surface area (Å²) in [5.74, 6) is 0.661. The van der Waals surface area contributed by atoms with Gasteiger partial charge in [0.15, 0.2) is 11.5 Å². The number of thiophene rings is 1. The Balaban J connectivity index is 1.76. The van der Waals surface area contributed by atoms with Crippen molar-refractivity contribution in [3.05, 3.63) is 77.0 Å². The monoisotopic (exact) mass is 469 g/mol. The zero-order valence-electron chi connectivity index (χ0n) is 17.5. The van der Waals surface area contributed by atoms with E-state index in [9.17, 15) is 13.2 Å². The molecule has 1 aliphatic heterocycles. The first kappa shape index (κ1) is 22.1. The second kappa shape index (κ2) is 9.18. The van der Waals surface area contributed by atoms with Gasteiger partial charge in [-0.25, -0.2) is 8.42 Å². The van der Waals surface area contributed by atoms with Gasteiger partial charge in [-0.15, -0.1) is 11.3 Å². The molecule has 4 rings (SSSR count). The molecular weight excluding hydrogens is 446 g/mol. The summed E-state index contributed by atoms with van der Waals surface area (Å²) in [6.45, 7) is 6.36. The third-order valence-electron chi connectivity index (χ3n) is 5.13. The van der Waals surface area contributed by atoms with Crippen molar-refractivity contribution in [3.63, 3.8) is 0 Å². The van der Waals surface area contributed by atoms with Crippen LogP contribution in [0.5, 0.6) is 11.5 Å². The number of nitrogens with one attached hydrogen (secondary N) is 1. The smallest absolute Gasteiger partial charge is 0.225 e. The number of benzene rings is 2. The molecule has 0 bridgehead atoms. The maximum Gasteiger partial charge on any atom is 0.225 e. The average Bonchev–Trinajstić information content (AvgIpc) is 3.23. The molecular formula is C24H23NO5S2. The number of rotatable bonds is 8. The van der Waals surface area contributed by atoms with E-state index in [0.29, 0.717) is 30.4 Å². The van der Waals surface area contributed by atoms with Crippen LogP contribution in [0.4, 0.5) is 5.69 Å². The van der Waals surface area contributed by atoms with Gasteiger partial charge in [0, 0.05) is 22.6 Å². The van der Waals surface area contributed by atoms with Gasteiger partial charge < -0.3 is 14.8 Å². The molecule has 0 spiro atoms. The first-order chi connectivity index (χ1) is 15.5. The first-order valence-corrected chi connectivity index (χ1v) is 12.5. The summed E-state index contributed by atoms with van der Waals surface area (Å²) >= 11 is 1.34. The van der Waals surface area contributed by atoms with Crippen LogP contribution in [0.1, 0.15) is 29.7 Å². The maximum absolute atomic E-state index is 13.2. The normalized spacial score (nSPS) is 15.5. The van der Waals surface area contributed by atoms with Gasteiger partial charge in [0.2, 0.25) is 15.7 Å². The lowest BCUT2D eigenvalue weighted by molar-refractivity contribution is -0.116. The van der Waals surface area contributed by atoms with Crippen molar-refractivity contribution in [2.75, 3.05) is 18.5 Å². The van der Waals surface area contributed by atoms with Crippen LogP contribution in [-0.4, -0.2) is 27.5 Å². The Bertz CT molecular complexity index is 1250. The fraction of sp³-hybridized carbons (Fsp3) is 0.208. The van der Waals surface area contributed by atoms with E-state index in [1.165, 1.54) is 11.3 Å². The highest BCUT2D eigenvalue weighted by molar-refractivity contribution is 7.91. The molecule has 32 heavy (non-hydrogen) atoms. The van der Waals surface area contributed by atoms with Crippen LogP contribution in [0.25, 0.3) is 0 Å². The molecule has 6 nitrogen and oxygen atoms in total. The van der Waals surface area contributed by atoms with E-state index >= 15 is 0 Å². The van der Waals surface area contributed by atoms with Gasteiger partial charge in [-0.1, -0.05) is 36.9 Å². The molecule has 2 heterocycles. The van der Waals surface area contributed by atoms with Crippen molar-refractivity contribution in [1.82, 2.24) is 0 Å². The number of sulfone groups is 1. The van der Waals surface area contributed by atoms with E-state index in [2.05, 4.69) is 11.9 Å². The number of hydrogen-bond donors (Lipinski definition) is 1. The van der Waals surface area contributed by atoms with Crippen molar-refractivity contribution >= 4 is 32.8 Å². The Labute approximate surface area is 191 Å². The van der Waals surface area contributed by atoms with Crippen LogP contribution in [0.2, 0.25) is 0 Å². The summed E-state index contributed by atoms with van der Waals surface area (Å²) in [4.78, 5) is 13.7. The number of hydrogen-bond acceptors (Lipinski definition) is 6. The number of fused-ring (bicyclic) bond motifs is 1. The molecule has 2 aromatic carbocycles. The van der Waals surface area contributed by atoms with Crippen molar-refractivity contribution < 1.29 is 22.7 Å². The van der Waals surface area contributed by atoms with Crippen LogP contribution in [-0.2, 0) is 14.6 Å². The van der Waals surface area contributed by atoms with E-state index in [1.54, 1.807) is 41.8 Å². The number of carbonyl (C=O) groups excluding carboxylic acids is 1. The Morgan fingerprint density at radius 2 is 1.94 bits per heavy atom. The van der Waals surface area contributed by atoms with E-state index in [4.69, 9.17) is 9.47 Å². The summed E-state index contributed by atoms with van der Waals surface area (Å²) in [6, 6.07) is 13.8. The maximum atomic E-state index is 13.2. The lowest BCUT2D eigenvalue weighted by Gasteiger charge is -2.24.